The highest BCUT2D eigenvalue weighted by Crippen LogP contribution is 2.42. The van der Waals surface area contributed by atoms with Crippen molar-refractivity contribution in [3.63, 3.8) is 0 Å². The number of halogens is 2. The maximum atomic E-state index is 12.3. The molecule has 0 amide bonds. The highest BCUT2D eigenvalue weighted by atomic mass is 35.5. The number of nitro groups is 1. The van der Waals surface area contributed by atoms with E-state index in [4.69, 9.17) is 23.2 Å². The van der Waals surface area contributed by atoms with E-state index < -0.39 is 14.4 Å². The lowest BCUT2D eigenvalue weighted by Crippen LogP contribution is -2.21. The number of carbonyl (C=O) groups is 1. The molecule has 0 aliphatic carbocycles. The molecule has 0 unspecified atom stereocenters. The summed E-state index contributed by atoms with van der Waals surface area (Å²) in [7, 11) is 0. The molecule has 2 rings (SSSR count). The van der Waals surface area contributed by atoms with Crippen molar-refractivity contribution < 1.29 is 9.72 Å². The molecule has 2 aromatic carbocycles. The lowest BCUT2D eigenvalue weighted by Gasteiger charge is -2.17. The Labute approximate surface area is 135 Å². The van der Waals surface area contributed by atoms with Crippen molar-refractivity contribution in [1.29, 1.82) is 0 Å². The van der Waals surface area contributed by atoms with Gasteiger partial charge in [-0.2, -0.15) is 0 Å². The van der Waals surface area contributed by atoms with Gasteiger partial charge in [0.1, 0.15) is 0 Å². The smallest absolute Gasteiger partial charge is 0.269 e. The van der Waals surface area contributed by atoms with Gasteiger partial charge in [-0.05, 0) is 12.1 Å². The maximum Gasteiger partial charge on any atom is 0.269 e. The van der Waals surface area contributed by atoms with Gasteiger partial charge in [0.05, 0.1) is 4.92 Å². The number of nitrogens with zero attached hydrogens (tertiary/aromatic N) is 1. The second-order valence-corrected chi connectivity index (χ2v) is 7.13. The standard InChI is InChI=1S/C14H9Cl2NO3S/c15-14(16,13(18)10-4-2-1-3-5-10)21-12-8-6-11(7-9-12)17(19)20/h1-9H. The van der Waals surface area contributed by atoms with Gasteiger partial charge in [0, 0.05) is 22.6 Å². The minimum absolute atomic E-state index is 0.0384. The second-order valence-electron chi connectivity index (χ2n) is 4.06. The topological polar surface area (TPSA) is 60.2 Å². The lowest BCUT2D eigenvalue weighted by molar-refractivity contribution is -0.384. The van der Waals surface area contributed by atoms with Gasteiger partial charge >= 0.3 is 0 Å². The zero-order valence-corrected chi connectivity index (χ0v) is 12.9. The quantitative estimate of drug-likeness (QED) is 0.260. The molecule has 2 aromatic rings. The molecule has 0 bridgehead atoms. The number of hydrogen-bond acceptors (Lipinski definition) is 4. The largest absolute Gasteiger partial charge is 0.290 e. The molecule has 0 fully saturated rings. The van der Waals surface area contributed by atoms with Crippen molar-refractivity contribution in [2.24, 2.45) is 0 Å². The molecule has 0 spiro atoms. The first-order valence-electron chi connectivity index (χ1n) is 5.81. The van der Waals surface area contributed by atoms with Gasteiger partial charge in [0.15, 0.2) is 0 Å². The summed E-state index contributed by atoms with van der Waals surface area (Å²) in [6, 6.07) is 14.1. The number of alkyl halides is 2. The Bertz CT molecular complexity index is 660. The Kier molecular flexibility index (Phi) is 4.88. The molecule has 0 atom stereocenters. The van der Waals surface area contributed by atoms with Crippen LogP contribution in [0.4, 0.5) is 5.69 Å². The molecule has 108 valence electrons. The van der Waals surface area contributed by atoms with Gasteiger partial charge in [-0.25, -0.2) is 0 Å². The van der Waals surface area contributed by atoms with Crippen LogP contribution in [0.2, 0.25) is 0 Å². The summed E-state index contributed by atoms with van der Waals surface area (Å²) >= 11 is 13.1. The Morgan fingerprint density at radius 2 is 1.62 bits per heavy atom. The summed E-state index contributed by atoms with van der Waals surface area (Å²) in [6.45, 7) is 0. The Hall–Kier alpha value is -1.56. The van der Waals surface area contributed by atoms with Crippen LogP contribution in [-0.2, 0) is 0 Å². The summed E-state index contributed by atoms with van der Waals surface area (Å²) < 4.78 is -1.70. The number of ketones is 1. The minimum atomic E-state index is -1.70. The van der Waals surface area contributed by atoms with Crippen LogP contribution >= 0.6 is 35.0 Å². The Morgan fingerprint density at radius 1 is 1.05 bits per heavy atom. The molecule has 0 N–H and O–H groups in total. The summed E-state index contributed by atoms with van der Waals surface area (Å²) in [5.74, 6) is -0.435. The number of non-ortho nitro benzene ring substituents is 1. The maximum absolute atomic E-state index is 12.3. The first-order valence-corrected chi connectivity index (χ1v) is 7.38. The summed E-state index contributed by atoms with van der Waals surface area (Å²) in [5, 5.41) is 10.6. The molecule has 0 aliphatic rings. The zero-order chi connectivity index (χ0) is 15.5. The molecule has 0 saturated carbocycles. The average molecular weight is 342 g/mol. The van der Waals surface area contributed by atoms with Crippen LogP contribution in [-0.4, -0.2) is 14.4 Å². The normalized spacial score (nSPS) is 11.1. The molecular formula is C14H9Cl2NO3S. The van der Waals surface area contributed by atoms with Crippen LogP contribution in [0.1, 0.15) is 10.4 Å². The molecule has 0 radical (unpaired) electrons. The van der Waals surface area contributed by atoms with Crippen LogP contribution in [0.3, 0.4) is 0 Å². The summed E-state index contributed by atoms with van der Waals surface area (Å²) in [6.07, 6.45) is 0. The van der Waals surface area contributed by atoms with E-state index in [9.17, 15) is 14.9 Å². The molecule has 21 heavy (non-hydrogen) atoms. The van der Waals surface area contributed by atoms with Crippen molar-refractivity contribution in [3.05, 3.63) is 70.3 Å². The van der Waals surface area contributed by atoms with Crippen LogP contribution in [0.15, 0.2) is 59.5 Å². The van der Waals surface area contributed by atoms with Crippen LogP contribution in [0.25, 0.3) is 0 Å². The van der Waals surface area contributed by atoms with Crippen LogP contribution in [0.5, 0.6) is 0 Å². The molecule has 0 aliphatic heterocycles. The fourth-order valence-electron chi connectivity index (χ4n) is 1.59. The first kappa shape index (κ1) is 15.8. The van der Waals surface area contributed by atoms with Crippen molar-refractivity contribution in [3.8, 4) is 0 Å². The SMILES string of the molecule is O=C(c1ccccc1)C(Cl)(Cl)Sc1ccc([N+](=O)[O-])cc1. The molecule has 7 heteroatoms. The number of hydrogen-bond donors (Lipinski definition) is 0. The van der Waals surface area contributed by atoms with Crippen molar-refractivity contribution in [2.45, 2.75) is 8.56 Å². The van der Waals surface area contributed by atoms with Gasteiger partial charge in [-0.3, -0.25) is 14.9 Å². The zero-order valence-electron chi connectivity index (χ0n) is 10.5. The number of benzene rings is 2. The van der Waals surface area contributed by atoms with E-state index in [-0.39, 0.29) is 5.69 Å². The van der Waals surface area contributed by atoms with Crippen LogP contribution in [0, 0.1) is 10.1 Å². The number of thioether (sulfide) groups is 1. The minimum Gasteiger partial charge on any atom is -0.290 e. The fraction of sp³-hybridized carbons (Fsp3) is 0.0714. The van der Waals surface area contributed by atoms with E-state index in [2.05, 4.69) is 0 Å². The monoisotopic (exact) mass is 341 g/mol. The summed E-state index contributed by atoms with van der Waals surface area (Å²) in [5.41, 5.74) is 0.361. The molecule has 0 saturated heterocycles. The van der Waals surface area contributed by atoms with E-state index in [0.717, 1.165) is 11.8 Å². The molecular weight excluding hydrogens is 333 g/mol. The van der Waals surface area contributed by atoms with E-state index in [1.54, 1.807) is 30.3 Å². The number of rotatable bonds is 5. The predicted molar refractivity (Wildman–Crippen MR) is 84.2 cm³/mol. The Balaban J connectivity index is 2.17. The van der Waals surface area contributed by atoms with Crippen LogP contribution < -0.4 is 0 Å². The van der Waals surface area contributed by atoms with Gasteiger partial charge in [0.2, 0.25) is 9.45 Å². The third-order valence-electron chi connectivity index (χ3n) is 2.59. The molecule has 0 aromatic heterocycles. The first-order chi connectivity index (χ1) is 9.90. The number of nitro benzene ring substituents is 1. The fourth-order valence-corrected chi connectivity index (χ4v) is 3.12. The second kappa shape index (κ2) is 6.47. The van der Waals surface area contributed by atoms with Crippen molar-refractivity contribution in [2.75, 3.05) is 0 Å². The van der Waals surface area contributed by atoms with Crippen molar-refractivity contribution in [1.82, 2.24) is 0 Å². The highest BCUT2D eigenvalue weighted by Gasteiger charge is 2.35. The van der Waals surface area contributed by atoms with Gasteiger partial charge in [0.25, 0.3) is 5.69 Å². The molecule has 0 heterocycles. The number of carbonyl (C=O) groups excluding carboxylic acids is 1. The summed E-state index contributed by atoms with van der Waals surface area (Å²) in [4.78, 5) is 22.9. The Morgan fingerprint density at radius 3 is 2.14 bits per heavy atom. The van der Waals surface area contributed by atoms with Gasteiger partial charge in [-0.15, -0.1) is 0 Å². The number of Topliss-reactive ketones (excluding diaryl/α,β-unsaturated/α-hetero) is 1. The van der Waals surface area contributed by atoms with Gasteiger partial charge in [-0.1, -0.05) is 65.3 Å². The molecule has 4 nitrogen and oxygen atoms in total. The highest BCUT2D eigenvalue weighted by molar-refractivity contribution is 8.04. The van der Waals surface area contributed by atoms with E-state index in [0.29, 0.717) is 10.5 Å². The van der Waals surface area contributed by atoms with E-state index in [1.165, 1.54) is 24.3 Å². The van der Waals surface area contributed by atoms with Crippen molar-refractivity contribution >= 4 is 46.4 Å². The average Bonchev–Trinajstić information content (AvgIpc) is 2.47. The third kappa shape index (κ3) is 3.97. The van der Waals surface area contributed by atoms with E-state index >= 15 is 0 Å². The van der Waals surface area contributed by atoms with Gasteiger partial charge < -0.3 is 0 Å². The lowest BCUT2D eigenvalue weighted by atomic mass is 10.1. The third-order valence-corrected chi connectivity index (χ3v) is 4.35. The predicted octanol–water partition coefficient (Wildman–Crippen LogP) is 4.70. The van der Waals surface area contributed by atoms with E-state index in [1.807, 2.05) is 0 Å².